The zero-order chi connectivity index (χ0) is 21.8. The summed E-state index contributed by atoms with van der Waals surface area (Å²) in [6.07, 6.45) is 1.62. The smallest absolute Gasteiger partial charge is 0.263 e. The highest BCUT2D eigenvalue weighted by molar-refractivity contribution is 7.92. The number of sulfonamides is 1. The number of carbonyl (C=O) groups excluding carboxylic acids is 2. The van der Waals surface area contributed by atoms with Gasteiger partial charge in [-0.2, -0.15) is 0 Å². The molecule has 0 bridgehead atoms. The van der Waals surface area contributed by atoms with Crippen molar-refractivity contribution in [2.24, 2.45) is 5.92 Å². The third kappa shape index (κ3) is 4.72. The van der Waals surface area contributed by atoms with Crippen LogP contribution < -0.4 is 14.9 Å². The van der Waals surface area contributed by atoms with E-state index in [9.17, 15) is 18.0 Å². The lowest BCUT2D eigenvalue weighted by molar-refractivity contribution is -0.122. The van der Waals surface area contributed by atoms with Gasteiger partial charge in [0.25, 0.3) is 10.0 Å². The number of amides is 2. The van der Waals surface area contributed by atoms with Gasteiger partial charge in [0.05, 0.1) is 10.8 Å². The van der Waals surface area contributed by atoms with E-state index in [-0.39, 0.29) is 28.9 Å². The van der Waals surface area contributed by atoms with Gasteiger partial charge < -0.3 is 10.2 Å². The highest BCUT2D eigenvalue weighted by Crippen LogP contribution is 2.26. The third-order valence-electron chi connectivity index (χ3n) is 4.90. The monoisotopic (exact) mass is 436 g/mol. The quantitative estimate of drug-likeness (QED) is 0.618. The molecule has 1 fully saturated rings. The summed E-state index contributed by atoms with van der Waals surface area (Å²) in [7, 11) is -3.80. The Morgan fingerprint density at radius 2 is 1.68 bits per heavy atom. The van der Waals surface area contributed by atoms with Crippen molar-refractivity contribution in [3.8, 4) is 0 Å². The predicted octanol–water partition coefficient (Wildman–Crippen LogP) is 2.87. The van der Waals surface area contributed by atoms with Gasteiger partial charge in [-0.3, -0.25) is 14.3 Å². The van der Waals surface area contributed by atoms with E-state index in [0.717, 1.165) is 5.69 Å². The Balaban J connectivity index is 1.40. The van der Waals surface area contributed by atoms with E-state index < -0.39 is 15.9 Å². The average Bonchev–Trinajstić information content (AvgIpc) is 3.17. The van der Waals surface area contributed by atoms with E-state index in [4.69, 9.17) is 0 Å². The molecule has 158 valence electrons. The number of hydrogen-bond donors (Lipinski definition) is 2. The van der Waals surface area contributed by atoms with Gasteiger partial charge in [0, 0.05) is 30.5 Å². The fraction of sp³-hybridized carbons (Fsp3) is 0.136. The summed E-state index contributed by atoms with van der Waals surface area (Å²) in [6.45, 7) is 0.301. The standard InChI is InChI=1S/C22H20N4O4S/c27-21-14-16(15-26(21)18-6-2-1-3-7-18)22(28)24-17-9-11-19(12-10-17)31(29,30)25-20-8-4-5-13-23-20/h1-13,16H,14-15H2,(H,23,25)(H,24,28). The summed E-state index contributed by atoms with van der Waals surface area (Å²) in [5.41, 5.74) is 1.21. The molecule has 1 atom stereocenters. The van der Waals surface area contributed by atoms with Crippen molar-refractivity contribution in [2.45, 2.75) is 11.3 Å². The molecule has 9 heteroatoms. The lowest BCUT2D eigenvalue weighted by atomic mass is 10.1. The van der Waals surface area contributed by atoms with Crippen LogP contribution in [0, 0.1) is 5.92 Å². The normalized spacial score (nSPS) is 16.2. The lowest BCUT2D eigenvalue weighted by Gasteiger charge is -2.16. The maximum absolute atomic E-state index is 12.6. The van der Waals surface area contributed by atoms with Gasteiger partial charge in [0.1, 0.15) is 5.82 Å². The molecule has 1 aliphatic rings. The number of pyridine rings is 1. The second-order valence-corrected chi connectivity index (χ2v) is 8.76. The summed E-state index contributed by atoms with van der Waals surface area (Å²) in [6, 6.07) is 19.9. The first-order valence-electron chi connectivity index (χ1n) is 9.62. The second-order valence-electron chi connectivity index (χ2n) is 7.08. The first kappa shape index (κ1) is 20.5. The van der Waals surface area contributed by atoms with E-state index >= 15 is 0 Å². The fourth-order valence-corrected chi connectivity index (χ4v) is 4.33. The molecular formula is C22H20N4O4S. The molecule has 0 aliphatic carbocycles. The molecule has 4 rings (SSSR count). The molecule has 2 N–H and O–H groups in total. The van der Waals surface area contributed by atoms with Crippen LogP contribution in [0.2, 0.25) is 0 Å². The predicted molar refractivity (Wildman–Crippen MR) is 117 cm³/mol. The molecule has 31 heavy (non-hydrogen) atoms. The van der Waals surface area contributed by atoms with Crippen molar-refractivity contribution in [1.29, 1.82) is 0 Å². The first-order chi connectivity index (χ1) is 14.9. The lowest BCUT2D eigenvalue weighted by Crippen LogP contribution is -2.28. The number of carbonyl (C=O) groups is 2. The fourth-order valence-electron chi connectivity index (χ4n) is 3.32. The molecule has 3 aromatic rings. The molecule has 1 aliphatic heterocycles. The highest BCUT2D eigenvalue weighted by atomic mass is 32.2. The van der Waals surface area contributed by atoms with Gasteiger partial charge in [-0.25, -0.2) is 13.4 Å². The molecule has 0 radical (unpaired) electrons. The van der Waals surface area contributed by atoms with Crippen molar-refractivity contribution in [2.75, 3.05) is 21.5 Å². The number of nitrogens with zero attached hydrogens (tertiary/aromatic N) is 2. The van der Waals surface area contributed by atoms with Crippen LogP contribution >= 0.6 is 0 Å². The minimum atomic E-state index is -3.80. The van der Waals surface area contributed by atoms with Gasteiger partial charge in [0.15, 0.2) is 0 Å². The van der Waals surface area contributed by atoms with Crippen molar-refractivity contribution < 1.29 is 18.0 Å². The number of aromatic nitrogens is 1. The summed E-state index contributed by atoms with van der Waals surface area (Å²) in [5.74, 6) is -0.655. The van der Waals surface area contributed by atoms with Crippen LogP contribution in [0.25, 0.3) is 0 Å². The van der Waals surface area contributed by atoms with E-state index in [1.165, 1.54) is 30.5 Å². The number of rotatable bonds is 6. The number of nitrogens with one attached hydrogen (secondary N) is 2. The topological polar surface area (TPSA) is 108 Å². The number of hydrogen-bond acceptors (Lipinski definition) is 5. The molecule has 8 nitrogen and oxygen atoms in total. The van der Waals surface area contributed by atoms with Gasteiger partial charge in [0.2, 0.25) is 11.8 Å². The third-order valence-corrected chi connectivity index (χ3v) is 6.27. The van der Waals surface area contributed by atoms with Gasteiger partial charge in [-0.05, 0) is 48.5 Å². The van der Waals surface area contributed by atoms with Crippen LogP contribution in [0.15, 0.2) is 83.9 Å². The van der Waals surface area contributed by atoms with Gasteiger partial charge >= 0.3 is 0 Å². The van der Waals surface area contributed by atoms with Crippen LogP contribution in [0.1, 0.15) is 6.42 Å². The number of para-hydroxylation sites is 1. The maximum atomic E-state index is 12.6. The van der Waals surface area contributed by atoms with Crippen LogP contribution in [0.3, 0.4) is 0 Å². The summed E-state index contributed by atoms with van der Waals surface area (Å²) < 4.78 is 27.3. The Morgan fingerprint density at radius 1 is 0.968 bits per heavy atom. The Kier molecular flexibility index (Phi) is 5.68. The molecule has 1 saturated heterocycles. The summed E-state index contributed by atoms with van der Waals surface area (Å²) >= 11 is 0. The SMILES string of the molecule is O=C(Nc1ccc(S(=O)(=O)Nc2ccccn2)cc1)C1CC(=O)N(c2ccccc2)C1. The Labute approximate surface area is 180 Å². The Morgan fingerprint density at radius 3 is 2.35 bits per heavy atom. The molecule has 0 saturated carbocycles. The van der Waals surface area contributed by atoms with Crippen LogP contribution in [-0.4, -0.2) is 31.8 Å². The van der Waals surface area contributed by atoms with E-state index in [1.807, 2.05) is 30.3 Å². The molecule has 2 amide bonds. The van der Waals surface area contributed by atoms with Crippen molar-refractivity contribution in [3.63, 3.8) is 0 Å². The van der Waals surface area contributed by atoms with Gasteiger partial charge in [-0.15, -0.1) is 0 Å². The summed E-state index contributed by atoms with van der Waals surface area (Å²) in [4.78, 5) is 30.5. The van der Waals surface area contributed by atoms with Crippen LogP contribution in [-0.2, 0) is 19.6 Å². The van der Waals surface area contributed by atoms with E-state index in [1.54, 1.807) is 23.1 Å². The van der Waals surface area contributed by atoms with Crippen molar-refractivity contribution >= 4 is 39.0 Å². The maximum Gasteiger partial charge on any atom is 0.263 e. The largest absolute Gasteiger partial charge is 0.326 e. The molecule has 2 aromatic carbocycles. The first-order valence-corrected chi connectivity index (χ1v) is 11.1. The highest BCUT2D eigenvalue weighted by Gasteiger charge is 2.35. The van der Waals surface area contributed by atoms with E-state index in [2.05, 4.69) is 15.0 Å². The molecular weight excluding hydrogens is 416 g/mol. The van der Waals surface area contributed by atoms with Crippen molar-refractivity contribution in [3.05, 3.63) is 79.0 Å². The van der Waals surface area contributed by atoms with Gasteiger partial charge in [-0.1, -0.05) is 24.3 Å². The summed E-state index contributed by atoms with van der Waals surface area (Å²) in [5, 5.41) is 2.76. The number of anilines is 3. The zero-order valence-corrected chi connectivity index (χ0v) is 17.2. The van der Waals surface area contributed by atoms with Crippen LogP contribution in [0.5, 0.6) is 0 Å². The molecule has 0 spiro atoms. The molecule has 2 heterocycles. The molecule has 1 unspecified atom stereocenters. The average molecular weight is 436 g/mol. The second kappa shape index (κ2) is 8.57. The zero-order valence-electron chi connectivity index (χ0n) is 16.4. The minimum absolute atomic E-state index is 0.0439. The van der Waals surface area contributed by atoms with E-state index in [0.29, 0.717) is 12.2 Å². The van der Waals surface area contributed by atoms with Crippen molar-refractivity contribution in [1.82, 2.24) is 4.98 Å². The molecule has 1 aromatic heterocycles. The minimum Gasteiger partial charge on any atom is -0.326 e. The Hall–Kier alpha value is -3.72. The number of benzene rings is 2. The Bertz CT molecular complexity index is 1180. The van der Waals surface area contributed by atoms with Crippen LogP contribution in [0.4, 0.5) is 17.2 Å².